The Morgan fingerprint density at radius 3 is 2.90 bits per heavy atom. The number of piperidine rings is 1. The van der Waals surface area contributed by atoms with E-state index in [1.165, 1.54) is 0 Å². The lowest BCUT2D eigenvalue weighted by atomic mass is 9.98. The predicted octanol–water partition coefficient (Wildman–Crippen LogP) is 2.41. The molecule has 0 spiro atoms. The number of hydrogen-bond donors (Lipinski definition) is 1. The van der Waals surface area contributed by atoms with Crippen molar-refractivity contribution < 1.29 is 9.53 Å². The highest BCUT2D eigenvalue weighted by Crippen LogP contribution is 2.19. The smallest absolute Gasteiger partial charge is 0.235 e. The lowest BCUT2D eigenvalue weighted by molar-refractivity contribution is -0.132. The summed E-state index contributed by atoms with van der Waals surface area (Å²) in [6.45, 7) is 2.39. The standard InChI is InChI=1S/C16H23NO2S/c1-19-12-14-8-5-9-17(11-14)16(18)15(20)10-13-6-3-2-4-7-13/h2-4,6-7,14-15,20H,5,8-12H2,1H3. The van der Waals surface area contributed by atoms with Crippen molar-refractivity contribution in [2.45, 2.75) is 24.5 Å². The van der Waals surface area contributed by atoms with Gasteiger partial charge >= 0.3 is 0 Å². The van der Waals surface area contributed by atoms with E-state index in [9.17, 15) is 4.79 Å². The zero-order valence-electron chi connectivity index (χ0n) is 12.0. The van der Waals surface area contributed by atoms with Crippen LogP contribution in [0.4, 0.5) is 0 Å². The maximum absolute atomic E-state index is 12.5. The lowest BCUT2D eigenvalue weighted by Gasteiger charge is -2.33. The van der Waals surface area contributed by atoms with E-state index < -0.39 is 0 Å². The Morgan fingerprint density at radius 1 is 1.45 bits per heavy atom. The van der Waals surface area contributed by atoms with Gasteiger partial charge in [0.2, 0.25) is 5.91 Å². The summed E-state index contributed by atoms with van der Waals surface area (Å²) in [6.07, 6.45) is 2.90. The molecular formula is C16H23NO2S. The van der Waals surface area contributed by atoms with Gasteiger partial charge in [-0.25, -0.2) is 0 Å². The third-order valence-corrected chi connectivity index (χ3v) is 4.19. The fourth-order valence-electron chi connectivity index (χ4n) is 2.77. The molecule has 20 heavy (non-hydrogen) atoms. The second-order valence-electron chi connectivity index (χ2n) is 5.45. The Morgan fingerprint density at radius 2 is 2.20 bits per heavy atom. The Bertz CT molecular complexity index is 422. The highest BCUT2D eigenvalue weighted by Gasteiger charge is 2.27. The van der Waals surface area contributed by atoms with Crippen LogP contribution in [0.1, 0.15) is 18.4 Å². The quantitative estimate of drug-likeness (QED) is 0.845. The zero-order chi connectivity index (χ0) is 14.4. The van der Waals surface area contributed by atoms with Gasteiger partial charge in [0.25, 0.3) is 0 Å². The molecule has 2 atom stereocenters. The SMILES string of the molecule is COCC1CCCN(C(=O)C(S)Cc2ccccc2)C1. The molecule has 4 heteroatoms. The zero-order valence-corrected chi connectivity index (χ0v) is 12.9. The number of rotatable bonds is 5. The van der Waals surface area contributed by atoms with Gasteiger partial charge < -0.3 is 9.64 Å². The Hall–Kier alpha value is -1.00. The van der Waals surface area contributed by atoms with E-state index in [0.29, 0.717) is 12.3 Å². The summed E-state index contributed by atoms with van der Waals surface area (Å²) < 4.78 is 5.21. The van der Waals surface area contributed by atoms with E-state index in [2.05, 4.69) is 12.6 Å². The molecule has 3 nitrogen and oxygen atoms in total. The molecule has 0 radical (unpaired) electrons. The van der Waals surface area contributed by atoms with Crippen LogP contribution < -0.4 is 0 Å². The number of ether oxygens (including phenoxy) is 1. The van der Waals surface area contributed by atoms with Gasteiger partial charge in [0.15, 0.2) is 0 Å². The molecule has 0 aromatic heterocycles. The number of methoxy groups -OCH3 is 1. The summed E-state index contributed by atoms with van der Waals surface area (Å²) in [5.74, 6) is 0.618. The van der Waals surface area contributed by atoms with Crippen LogP contribution in [-0.2, 0) is 16.0 Å². The third kappa shape index (κ3) is 4.25. The summed E-state index contributed by atoms with van der Waals surface area (Å²) in [7, 11) is 1.72. The van der Waals surface area contributed by atoms with Crippen LogP contribution in [0, 0.1) is 5.92 Å². The minimum absolute atomic E-state index is 0.151. The van der Waals surface area contributed by atoms with Gasteiger partial charge in [-0.05, 0) is 30.7 Å². The largest absolute Gasteiger partial charge is 0.384 e. The van der Waals surface area contributed by atoms with Crippen LogP contribution in [-0.4, -0.2) is 42.9 Å². The van der Waals surface area contributed by atoms with Crippen LogP contribution in [0.15, 0.2) is 30.3 Å². The molecule has 1 fully saturated rings. The normalized spacial score (nSPS) is 20.7. The first kappa shape index (κ1) is 15.4. The van der Waals surface area contributed by atoms with Crippen LogP contribution in [0.3, 0.4) is 0 Å². The molecule has 1 aromatic rings. The van der Waals surface area contributed by atoms with Crippen LogP contribution in [0.5, 0.6) is 0 Å². The van der Waals surface area contributed by atoms with Gasteiger partial charge in [-0.1, -0.05) is 30.3 Å². The maximum Gasteiger partial charge on any atom is 0.235 e. The van der Waals surface area contributed by atoms with Gasteiger partial charge in [-0.3, -0.25) is 4.79 Å². The molecule has 1 aliphatic rings. The average Bonchev–Trinajstić information content (AvgIpc) is 2.48. The highest BCUT2D eigenvalue weighted by atomic mass is 32.1. The first-order valence-electron chi connectivity index (χ1n) is 7.20. The van der Waals surface area contributed by atoms with E-state index in [-0.39, 0.29) is 11.2 Å². The number of benzene rings is 1. The summed E-state index contributed by atoms with van der Waals surface area (Å²) in [4.78, 5) is 14.4. The molecule has 1 amide bonds. The van der Waals surface area contributed by atoms with Crippen molar-refractivity contribution in [3.63, 3.8) is 0 Å². The minimum atomic E-state index is -0.251. The van der Waals surface area contributed by atoms with E-state index in [1.807, 2.05) is 35.2 Å². The molecule has 0 aliphatic carbocycles. The predicted molar refractivity (Wildman–Crippen MR) is 84.1 cm³/mol. The minimum Gasteiger partial charge on any atom is -0.384 e. The number of likely N-dealkylation sites (tertiary alicyclic amines) is 1. The topological polar surface area (TPSA) is 29.5 Å². The van der Waals surface area contributed by atoms with Gasteiger partial charge in [0, 0.05) is 20.2 Å². The lowest BCUT2D eigenvalue weighted by Crippen LogP contribution is -2.45. The number of hydrogen-bond acceptors (Lipinski definition) is 3. The molecule has 1 aliphatic heterocycles. The Kier molecular flexibility index (Phi) is 5.92. The molecule has 0 bridgehead atoms. The molecular weight excluding hydrogens is 270 g/mol. The first-order valence-corrected chi connectivity index (χ1v) is 7.72. The summed E-state index contributed by atoms with van der Waals surface area (Å²) >= 11 is 4.51. The number of amides is 1. The second kappa shape index (κ2) is 7.70. The molecule has 110 valence electrons. The van der Waals surface area contributed by atoms with Crippen molar-refractivity contribution in [3.05, 3.63) is 35.9 Å². The van der Waals surface area contributed by atoms with E-state index in [0.717, 1.165) is 38.1 Å². The molecule has 2 rings (SSSR count). The van der Waals surface area contributed by atoms with Crippen LogP contribution >= 0.6 is 12.6 Å². The van der Waals surface area contributed by atoms with Crippen molar-refractivity contribution in [1.82, 2.24) is 4.90 Å². The average molecular weight is 293 g/mol. The molecule has 0 N–H and O–H groups in total. The van der Waals surface area contributed by atoms with E-state index >= 15 is 0 Å². The number of nitrogens with zero attached hydrogens (tertiary/aromatic N) is 1. The molecule has 0 saturated carbocycles. The van der Waals surface area contributed by atoms with Crippen molar-refractivity contribution in [2.75, 3.05) is 26.8 Å². The van der Waals surface area contributed by atoms with E-state index in [1.54, 1.807) is 7.11 Å². The number of carbonyl (C=O) groups is 1. The van der Waals surface area contributed by atoms with Gasteiger partial charge in [-0.15, -0.1) is 0 Å². The first-order chi connectivity index (χ1) is 9.70. The molecule has 2 unspecified atom stereocenters. The van der Waals surface area contributed by atoms with Crippen molar-refractivity contribution in [2.24, 2.45) is 5.92 Å². The summed E-state index contributed by atoms with van der Waals surface area (Å²) in [5, 5.41) is -0.251. The molecule has 1 aromatic carbocycles. The van der Waals surface area contributed by atoms with Crippen molar-refractivity contribution in [3.8, 4) is 0 Å². The summed E-state index contributed by atoms with van der Waals surface area (Å²) in [5.41, 5.74) is 1.16. The van der Waals surface area contributed by atoms with Crippen LogP contribution in [0.25, 0.3) is 0 Å². The van der Waals surface area contributed by atoms with Gasteiger partial charge in [0.05, 0.1) is 11.9 Å². The molecule has 1 heterocycles. The van der Waals surface area contributed by atoms with Crippen molar-refractivity contribution in [1.29, 1.82) is 0 Å². The fraction of sp³-hybridized carbons (Fsp3) is 0.562. The van der Waals surface area contributed by atoms with E-state index in [4.69, 9.17) is 4.74 Å². The number of carbonyl (C=O) groups excluding carboxylic acids is 1. The monoisotopic (exact) mass is 293 g/mol. The third-order valence-electron chi connectivity index (χ3n) is 3.79. The number of thiol groups is 1. The van der Waals surface area contributed by atoms with Crippen LogP contribution in [0.2, 0.25) is 0 Å². The fourth-order valence-corrected chi connectivity index (χ4v) is 3.15. The molecule has 1 saturated heterocycles. The highest BCUT2D eigenvalue weighted by molar-refractivity contribution is 7.81. The van der Waals surface area contributed by atoms with Gasteiger partial charge in [0.1, 0.15) is 0 Å². The Balaban J connectivity index is 1.89. The maximum atomic E-state index is 12.5. The second-order valence-corrected chi connectivity index (χ2v) is 6.08. The van der Waals surface area contributed by atoms with Crippen molar-refractivity contribution >= 4 is 18.5 Å². The Labute approximate surface area is 126 Å². The van der Waals surface area contributed by atoms with Gasteiger partial charge in [-0.2, -0.15) is 12.6 Å². The summed E-state index contributed by atoms with van der Waals surface area (Å²) in [6, 6.07) is 10.1.